The summed E-state index contributed by atoms with van der Waals surface area (Å²) in [6.07, 6.45) is 0. The van der Waals surface area contributed by atoms with Crippen molar-refractivity contribution in [1.29, 1.82) is 0 Å². The number of pyridine rings is 1. The van der Waals surface area contributed by atoms with Gasteiger partial charge < -0.3 is 4.57 Å². The van der Waals surface area contributed by atoms with Gasteiger partial charge >= 0.3 is 0 Å². The van der Waals surface area contributed by atoms with Gasteiger partial charge in [-0.2, -0.15) is 0 Å². The van der Waals surface area contributed by atoms with Crippen LogP contribution in [0.5, 0.6) is 0 Å². The third kappa shape index (κ3) is 5.28. The molecule has 9 aromatic carbocycles. The molecular weight excluding hydrogens is 771 g/mol. The molecule has 0 fully saturated rings. The zero-order valence-corrected chi connectivity index (χ0v) is 33.9. The van der Waals surface area contributed by atoms with Gasteiger partial charge in [0.05, 0.1) is 33.3 Å². The Bertz CT molecular complexity index is 4040. The quantitative estimate of drug-likeness (QED) is 0.163. The summed E-state index contributed by atoms with van der Waals surface area (Å²) in [6.45, 7) is 0. The Labute approximate surface area is 360 Å². The molecule has 63 heavy (non-hydrogen) atoms. The molecule has 0 bridgehead atoms. The highest BCUT2D eigenvalue weighted by atomic mass is 16.1. The van der Waals surface area contributed by atoms with Crippen LogP contribution in [0.1, 0.15) is 0 Å². The van der Waals surface area contributed by atoms with Crippen molar-refractivity contribution in [3.05, 3.63) is 223 Å². The van der Waals surface area contributed by atoms with Gasteiger partial charge in [-0.25, -0.2) is 9.97 Å². The van der Waals surface area contributed by atoms with Gasteiger partial charge in [-0.15, -0.1) is 0 Å². The first-order valence-corrected chi connectivity index (χ1v) is 21.2. The first-order valence-electron chi connectivity index (χ1n) is 21.2. The van der Waals surface area contributed by atoms with Gasteiger partial charge in [0.25, 0.3) is 5.56 Å². The molecule has 0 saturated carbocycles. The molecule has 294 valence electrons. The van der Waals surface area contributed by atoms with Crippen molar-refractivity contribution in [3.63, 3.8) is 0 Å². The van der Waals surface area contributed by atoms with Crippen molar-refractivity contribution in [1.82, 2.24) is 23.7 Å². The fraction of sp³-hybridized carbons (Fsp3) is 0. The van der Waals surface area contributed by atoms with Gasteiger partial charge in [0.15, 0.2) is 0 Å². The van der Waals surface area contributed by atoms with Crippen LogP contribution in [0.15, 0.2) is 217 Å². The Morgan fingerprint density at radius 3 is 1.60 bits per heavy atom. The van der Waals surface area contributed by atoms with Crippen LogP contribution in [-0.4, -0.2) is 23.7 Å². The fourth-order valence-electron chi connectivity index (χ4n) is 9.86. The molecule has 13 aromatic rings. The Morgan fingerprint density at radius 1 is 0.349 bits per heavy atom. The summed E-state index contributed by atoms with van der Waals surface area (Å²) in [5.74, 6) is 0.438. The van der Waals surface area contributed by atoms with Gasteiger partial charge in [0.2, 0.25) is 5.95 Å². The summed E-state index contributed by atoms with van der Waals surface area (Å²) in [5, 5.41) is 8.21. The highest BCUT2D eigenvalue weighted by Gasteiger charge is 2.25. The van der Waals surface area contributed by atoms with E-state index in [1.165, 1.54) is 10.8 Å². The van der Waals surface area contributed by atoms with Crippen molar-refractivity contribution in [2.24, 2.45) is 0 Å². The maximum atomic E-state index is 15.6. The maximum Gasteiger partial charge on any atom is 0.280 e. The van der Waals surface area contributed by atoms with Crippen molar-refractivity contribution in [2.75, 3.05) is 0 Å². The third-order valence-electron chi connectivity index (χ3n) is 12.6. The number of aromatic nitrogens is 5. The van der Waals surface area contributed by atoms with Crippen LogP contribution in [-0.2, 0) is 0 Å². The van der Waals surface area contributed by atoms with Crippen molar-refractivity contribution in [3.8, 4) is 39.7 Å². The molecule has 0 amide bonds. The van der Waals surface area contributed by atoms with E-state index in [0.717, 1.165) is 93.7 Å². The van der Waals surface area contributed by atoms with Crippen molar-refractivity contribution < 1.29 is 0 Å². The molecule has 6 heteroatoms. The van der Waals surface area contributed by atoms with E-state index < -0.39 is 0 Å². The largest absolute Gasteiger partial charge is 0.309 e. The van der Waals surface area contributed by atoms with E-state index in [4.69, 9.17) is 9.97 Å². The van der Waals surface area contributed by atoms with E-state index >= 15 is 4.79 Å². The average molecular weight is 806 g/mol. The zero-order chi connectivity index (χ0) is 41.6. The summed E-state index contributed by atoms with van der Waals surface area (Å²) >= 11 is 0. The number of benzene rings is 9. The van der Waals surface area contributed by atoms with E-state index in [1.807, 2.05) is 69.8 Å². The van der Waals surface area contributed by atoms with E-state index in [-0.39, 0.29) is 5.56 Å². The number of para-hydroxylation sites is 4. The Balaban J connectivity index is 1.14. The highest BCUT2D eigenvalue weighted by Crippen LogP contribution is 2.41. The lowest BCUT2D eigenvalue weighted by Gasteiger charge is -2.15. The second kappa shape index (κ2) is 13.7. The normalized spacial score (nSPS) is 11.9. The molecular formula is C57H35N5O. The number of nitrogens with zero attached hydrogens (tertiary/aromatic N) is 5. The van der Waals surface area contributed by atoms with Gasteiger partial charge in [-0.3, -0.25) is 13.9 Å². The van der Waals surface area contributed by atoms with E-state index in [2.05, 4.69) is 156 Å². The number of hydrogen-bond acceptors (Lipinski definition) is 3. The lowest BCUT2D eigenvalue weighted by molar-refractivity contribution is 0.985. The first-order chi connectivity index (χ1) is 31.2. The fourth-order valence-corrected chi connectivity index (χ4v) is 9.86. The van der Waals surface area contributed by atoms with Crippen LogP contribution in [0.2, 0.25) is 0 Å². The number of fused-ring (bicyclic) bond motifs is 11. The molecule has 0 unspecified atom stereocenters. The Hall–Kier alpha value is -8.61. The van der Waals surface area contributed by atoms with E-state index in [9.17, 15) is 0 Å². The number of hydrogen-bond donors (Lipinski definition) is 0. The zero-order valence-electron chi connectivity index (χ0n) is 33.9. The van der Waals surface area contributed by atoms with Crippen molar-refractivity contribution >= 4 is 76.2 Å². The molecule has 0 saturated heterocycles. The summed E-state index contributed by atoms with van der Waals surface area (Å²) in [5.41, 5.74) is 11.0. The molecule has 0 N–H and O–H groups in total. The van der Waals surface area contributed by atoms with Gasteiger partial charge in [-0.05, 0) is 83.2 Å². The van der Waals surface area contributed by atoms with Gasteiger partial charge in [-0.1, -0.05) is 146 Å². The smallest absolute Gasteiger partial charge is 0.280 e. The lowest BCUT2D eigenvalue weighted by Crippen LogP contribution is -2.21. The summed E-state index contributed by atoms with van der Waals surface area (Å²) in [4.78, 5) is 26.4. The third-order valence-corrected chi connectivity index (χ3v) is 12.6. The highest BCUT2D eigenvalue weighted by molar-refractivity contribution is 6.21. The Morgan fingerprint density at radius 2 is 0.889 bits per heavy atom. The minimum Gasteiger partial charge on any atom is -0.309 e. The second-order valence-electron chi connectivity index (χ2n) is 16.1. The maximum absolute atomic E-state index is 15.6. The van der Waals surface area contributed by atoms with Crippen LogP contribution in [0.4, 0.5) is 0 Å². The number of rotatable bonds is 5. The van der Waals surface area contributed by atoms with E-state index in [1.54, 1.807) is 0 Å². The van der Waals surface area contributed by atoms with Crippen LogP contribution >= 0.6 is 0 Å². The molecule has 13 rings (SSSR count). The molecule has 0 spiro atoms. The second-order valence-corrected chi connectivity index (χ2v) is 16.1. The van der Waals surface area contributed by atoms with Crippen LogP contribution in [0.3, 0.4) is 0 Å². The molecule has 0 aliphatic heterocycles. The standard InChI is InChI=1S/C57H35N5O/c63-56-55-52(44-25-13-15-27-49(44)61(56)41-21-8-3-9-22-41)47-35-39(38-29-32-50-46(34-38)43-24-12-14-26-48(43)60(50)40-19-6-2-7-20-40)30-33-51(47)62(55)57-58-53(37-17-4-1-5-18-37)45-31-28-36-16-10-11-23-42(36)54(45)59-57/h1-35H. The molecule has 0 atom stereocenters. The van der Waals surface area contributed by atoms with Gasteiger partial charge in [0.1, 0.15) is 5.52 Å². The predicted octanol–water partition coefficient (Wildman–Crippen LogP) is 13.6. The lowest BCUT2D eigenvalue weighted by atomic mass is 9.99. The van der Waals surface area contributed by atoms with E-state index in [0.29, 0.717) is 11.5 Å². The monoisotopic (exact) mass is 805 g/mol. The molecule has 0 aliphatic carbocycles. The minimum atomic E-state index is -0.148. The SMILES string of the molecule is O=c1c2c(c3ccccc3n1-c1ccccc1)c1cc(-c3ccc4c(c3)c3ccccc3n4-c3ccccc3)ccc1n2-c1nc(-c2ccccc2)c2ccc3ccccc3c2n1. The van der Waals surface area contributed by atoms with Crippen LogP contribution in [0, 0.1) is 0 Å². The van der Waals surface area contributed by atoms with Gasteiger partial charge in [0, 0.05) is 54.6 Å². The molecule has 6 nitrogen and oxygen atoms in total. The Kier molecular flexibility index (Phi) is 7.65. The topological polar surface area (TPSA) is 57.6 Å². The van der Waals surface area contributed by atoms with Crippen molar-refractivity contribution in [2.45, 2.75) is 0 Å². The average Bonchev–Trinajstić information content (AvgIpc) is 3.88. The molecule has 0 aliphatic rings. The molecule has 4 heterocycles. The first kappa shape index (κ1) is 35.2. The van der Waals surface area contributed by atoms with Crippen LogP contribution in [0.25, 0.3) is 116 Å². The molecule has 4 aromatic heterocycles. The summed E-state index contributed by atoms with van der Waals surface area (Å²) in [6, 6.07) is 73.4. The predicted molar refractivity (Wildman–Crippen MR) is 260 cm³/mol. The summed E-state index contributed by atoms with van der Waals surface area (Å²) < 4.78 is 6.18. The summed E-state index contributed by atoms with van der Waals surface area (Å²) in [7, 11) is 0. The minimum absolute atomic E-state index is 0.148. The van der Waals surface area contributed by atoms with Crippen LogP contribution < -0.4 is 5.56 Å². The molecule has 0 radical (unpaired) electrons.